The summed E-state index contributed by atoms with van der Waals surface area (Å²) in [6.45, 7) is 7.47. The first-order valence-electron chi connectivity index (χ1n) is 11.0. The number of anilines is 1. The molecule has 3 unspecified atom stereocenters. The second kappa shape index (κ2) is 10.4. The van der Waals surface area contributed by atoms with E-state index in [0.29, 0.717) is 24.3 Å². The van der Waals surface area contributed by atoms with E-state index in [1.165, 1.54) is 6.07 Å². The zero-order valence-electron chi connectivity index (χ0n) is 17.7. The molecular formula is C21H33FN6O2. The molecule has 166 valence electrons. The topological polar surface area (TPSA) is 74.2 Å². The van der Waals surface area contributed by atoms with Crippen LogP contribution in [0.4, 0.5) is 10.2 Å². The molecule has 0 aliphatic carbocycles. The number of morpholine rings is 1. The zero-order valence-corrected chi connectivity index (χ0v) is 17.7. The maximum absolute atomic E-state index is 14.0. The molecule has 30 heavy (non-hydrogen) atoms. The van der Waals surface area contributed by atoms with Gasteiger partial charge in [-0.1, -0.05) is 0 Å². The summed E-state index contributed by atoms with van der Waals surface area (Å²) in [6, 6.07) is 3.69. The lowest BCUT2D eigenvalue weighted by atomic mass is 9.97. The average Bonchev–Trinajstić information content (AvgIpc) is 3.47. The smallest absolute Gasteiger partial charge is 0.191 e. The Bertz CT molecular complexity index is 708. The van der Waals surface area contributed by atoms with Gasteiger partial charge in [-0.2, -0.15) is 0 Å². The Morgan fingerprint density at radius 1 is 1.27 bits per heavy atom. The first-order chi connectivity index (χ1) is 14.7. The van der Waals surface area contributed by atoms with E-state index in [0.717, 1.165) is 71.4 Å². The minimum absolute atomic E-state index is 0.203. The predicted octanol–water partition coefficient (Wildman–Crippen LogP) is 0.702. The fourth-order valence-electron chi connectivity index (χ4n) is 4.63. The largest absolute Gasteiger partial charge is 0.381 e. The molecule has 3 aliphatic rings. The van der Waals surface area contributed by atoms with Crippen LogP contribution in [0.25, 0.3) is 0 Å². The summed E-state index contributed by atoms with van der Waals surface area (Å²) in [5.41, 5.74) is 0. The van der Waals surface area contributed by atoms with E-state index >= 15 is 0 Å². The highest BCUT2D eigenvalue weighted by Crippen LogP contribution is 2.22. The summed E-state index contributed by atoms with van der Waals surface area (Å²) in [6.07, 6.45) is 3.65. The van der Waals surface area contributed by atoms with Gasteiger partial charge in [0, 0.05) is 70.6 Å². The lowest BCUT2D eigenvalue weighted by molar-refractivity contribution is 0.00246. The Morgan fingerprint density at radius 2 is 2.13 bits per heavy atom. The number of ether oxygens (including phenoxy) is 2. The molecule has 0 amide bonds. The second-order valence-corrected chi connectivity index (χ2v) is 8.18. The summed E-state index contributed by atoms with van der Waals surface area (Å²) < 4.78 is 25.2. The van der Waals surface area contributed by atoms with Gasteiger partial charge < -0.3 is 25.0 Å². The molecule has 0 radical (unpaired) electrons. The minimum Gasteiger partial charge on any atom is -0.381 e. The van der Waals surface area contributed by atoms with Crippen LogP contribution in [0.2, 0.25) is 0 Å². The SMILES string of the molecule is CN=C(NCC(C1CCOC1)N1CCOCC1)NC1CCN(c2ncccc2F)C1. The normalized spacial score (nSPS) is 26.7. The molecule has 3 fully saturated rings. The first-order valence-corrected chi connectivity index (χ1v) is 11.0. The summed E-state index contributed by atoms with van der Waals surface area (Å²) in [7, 11) is 1.79. The number of aromatic nitrogens is 1. The molecule has 9 heteroatoms. The van der Waals surface area contributed by atoms with Gasteiger partial charge in [0.15, 0.2) is 17.6 Å². The van der Waals surface area contributed by atoms with Gasteiger partial charge in [0.2, 0.25) is 0 Å². The van der Waals surface area contributed by atoms with Gasteiger partial charge in [-0.15, -0.1) is 0 Å². The van der Waals surface area contributed by atoms with Crippen molar-refractivity contribution < 1.29 is 13.9 Å². The van der Waals surface area contributed by atoms with Crippen LogP contribution in [-0.2, 0) is 9.47 Å². The van der Waals surface area contributed by atoms with Gasteiger partial charge >= 0.3 is 0 Å². The highest BCUT2D eigenvalue weighted by molar-refractivity contribution is 5.80. The van der Waals surface area contributed by atoms with Gasteiger partial charge in [-0.25, -0.2) is 9.37 Å². The summed E-state index contributed by atoms with van der Waals surface area (Å²) >= 11 is 0. The zero-order chi connectivity index (χ0) is 20.8. The van der Waals surface area contributed by atoms with Gasteiger partial charge in [0.25, 0.3) is 0 Å². The molecule has 1 aromatic heterocycles. The van der Waals surface area contributed by atoms with Crippen molar-refractivity contribution in [1.82, 2.24) is 20.5 Å². The molecule has 3 saturated heterocycles. The Morgan fingerprint density at radius 3 is 2.87 bits per heavy atom. The Labute approximate surface area is 177 Å². The van der Waals surface area contributed by atoms with Crippen molar-refractivity contribution in [3.63, 3.8) is 0 Å². The van der Waals surface area contributed by atoms with Gasteiger partial charge in [-0.05, 0) is 25.0 Å². The highest BCUT2D eigenvalue weighted by Gasteiger charge is 2.32. The fraction of sp³-hybridized carbons (Fsp3) is 0.714. The van der Waals surface area contributed by atoms with Gasteiger partial charge in [0.1, 0.15) is 0 Å². The lowest BCUT2D eigenvalue weighted by Crippen LogP contribution is -2.54. The first kappa shape index (κ1) is 21.3. The van der Waals surface area contributed by atoms with Crippen molar-refractivity contribution in [3.05, 3.63) is 24.1 Å². The third-order valence-electron chi connectivity index (χ3n) is 6.29. The maximum Gasteiger partial charge on any atom is 0.191 e. The Kier molecular flexibility index (Phi) is 7.35. The molecule has 0 aromatic carbocycles. The molecule has 4 rings (SSSR count). The molecule has 0 bridgehead atoms. The molecule has 4 heterocycles. The summed E-state index contributed by atoms with van der Waals surface area (Å²) in [5.74, 6) is 1.48. The quantitative estimate of drug-likeness (QED) is 0.518. The fourth-order valence-corrected chi connectivity index (χ4v) is 4.63. The van der Waals surface area contributed by atoms with Crippen LogP contribution in [0.1, 0.15) is 12.8 Å². The van der Waals surface area contributed by atoms with Crippen molar-refractivity contribution >= 4 is 11.8 Å². The molecular weight excluding hydrogens is 387 g/mol. The second-order valence-electron chi connectivity index (χ2n) is 8.18. The molecule has 3 atom stereocenters. The van der Waals surface area contributed by atoms with E-state index in [9.17, 15) is 4.39 Å². The van der Waals surface area contributed by atoms with Crippen molar-refractivity contribution in [1.29, 1.82) is 0 Å². The highest BCUT2D eigenvalue weighted by atomic mass is 19.1. The standard InChI is InChI=1S/C21H33FN6O2/c1-23-21(26-17-4-7-28(14-17)20-18(22)3-2-6-24-20)25-13-19(16-5-10-30-15-16)27-8-11-29-12-9-27/h2-3,6,16-17,19H,4-5,7-15H2,1H3,(H2,23,25,26). The monoisotopic (exact) mass is 420 g/mol. The summed E-state index contributed by atoms with van der Waals surface area (Å²) in [5, 5.41) is 7.04. The van der Waals surface area contributed by atoms with E-state index in [1.807, 2.05) is 4.90 Å². The van der Waals surface area contributed by atoms with Crippen molar-refractivity contribution in [3.8, 4) is 0 Å². The average molecular weight is 421 g/mol. The van der Waals surface area contributed by atoms with Crippen molar-refractivity contribution in [2.45, 2.75) is 24.9 Å². The van der Waals surface area contributed by atoms with E-state index in [1.54, 1.807) is 19.3 Å². The van der Waals surface area contributed by atoms with Gasteiger partial charge in [0.05, 0.1) is 19.8 Å². The number of pyridine rings is 1. The van der Waals surface area contributed by atoms with E-state index in [2.05, 4.69) is 25.5 Å². The molecule has 0 saturated carbocycles. The van der Waals surface area contributed by atoms with Crippen LogP contribution < -0.4 is 15.5 Å². The maximum atomic E-state index is 14.0. The number of nitrogens with one attached hydrogen (secondary N) is 2. The van der Waals surface area contributed by atoms with E-state index < -0.39 is 0 Å². The number of halogens is 1. The lowest BCUT2D eigenvalue weighted by Gasteiger charge is -2.37. The number of guanidine groups is 1. The van der Waals surface area contributed by atoms with E-state index in [4.69, 9.17) is 9.47 Å². The van der Waals surface area contributed by atoms with Crippen LogP contribution in [0.3, 0.4) is 0 Å². The Balaban J connectivity index is 1.31. The number of aliphatic imine (C=N–C) groups is 1. The van der Waals surface area contributed by atoms with Crippen molar-refractivity contribution in [2.75, 3.05) is 71.1 Å². The van der Waals surface area contributed by atoms with Crippen LogP contribution >= 0.6 is 0 Å². The molecule has 8 nitrogen and oxygen atoms in total. The van der Waals surface area contributed by atoms with Crippen LogP contribution in [0, 0.1) is 11.7 Å². The molecule has 0 spiro atoms. The van der Waals surface area contributed by atoms with Crippen LogP contribution in [0.15, 0.2) is 23.3 Å². The third-order valence-corrected chi connectivity index (χ3v) is 6.29. The number of hydrogen-bond acceptors (Lipinski definition) is 6. The number of rotatable bonds is 6. The predicted molar refractivity (Wildman–Crippen MR) is 114 cm³/mol. The van der Waals surface area contributed by atoms with Crippen molar-refractivity contribution in [2.24, 2.45) is 10.9 Å². The number of nitrogens with zero attached hydrogens (tertiary/aromatic N) is 4. The molecule has 1 aromatic rings. The van der Waals surface area contributed by atoms with Gasteiger partial charge in [-0.3, -0.25) is 9.89 Å². The summed E-state index contributed by atoms with van der Waals surface area (Å²) in [4.78, 5) is 13.1. The minimum atomic E-state index is -0.271. The van der Waals surface area contributed by atoms with Crippen LogP contribution in [-0.4, -0.2) is 94.1 Å². The molecule has 2 N–H and O–H groups in total. The van der Waals surface area contributed by atoms with E-state index in [-0.39, 0.29) is 11.9 Å². The van der Waals surface area contributed by atoms with Crippen LogP contribution in [0.5, 0.6) is 0 Å². The molecule has 3 aliphatic heterocycles. The third kappa shape index (κ3) is 5.19. The number of hydrogen-bond donors (Lipinski definition) is 2. The Hall–Kier alpha value is -1.97.